The lowest BCUT2D eigenvalue weighted by Crippen LogP contribution is -2.34. The van der Waals surface area contributed by atoms with E-state index in [4.69, 9.17) is 0 Å². The normalized spacial score (nSPS) is 39.3. The van der Waals surface area contributed by atoms with Gasteiger partial charge in [0.25, 0.3) is 0 Å². The molecule has 2 heteroatoms. The van der Waals surface area contributed by atoms with Gasteiger partial charge in [-0.15, -0.1) is 0 Å². The first-order valence-electron chi connectivity index (χ1n) is 4.49. The van der Waals surface area contributed by atoms with Crippen molar-refractivity contribution >= 4 is 0 Å². The first-order chi connectivity index (χ1) is 5.09. The summed E-state index contributed by atoms with van der Waals surface area (Å²) in [7, 11) is 2.01. The lowest BCUT2D eigenvalue weighted by atomic mass is 10.3. The van der Waals surface area contributed by atoms with Gasteiger partial charge >= 0.3 is 0 Å². The quantitative estimate of drug-likeness (QED) is 0.624. The van der Waals surface area contributed by atoms with Crippen LogP contribution in [-0.4, -0.2) is 29.3 Å². The molecule has 0 amide bonds. The van der Waals surface area contributed by atoms with Crippen molar-refractivity contribution in [3.63, 3.8) is 0 Å². The van der Waals surface area contributed by atoms with E-state index in [0.717, 1.165) is 18.3 Å². The predicted octanol–water partition coefficient (Wildman–Crippen LogP) is 1.30. The first kappa shape index (κ1) is 9.01. The molecule has 2 nitrogen and oxygen atoms in total. The van der Waals surface area contributed by atoms with E-state index in [-0.39, 0.29) is 6.23 Å². The third-order valence-corrected chi connectivity index (χ3v) is 3.07. The Kier molecular flexibility index (Phi) is 2.55. The van der Waals surface area contributed by atoms with Crippen molar-refractivity contribution in [2.24, 2.45) is 11.8 Å². The summed E-state index contributed by atoms with van der Waals surface area (Å²) in [5, 5.41) is 9.50. The lowest BCUT2D eigenvalue weighted by molar-refractivity contribution is 0.00923. The van der Waals surface area contributed by atoms with Crippen LogP contribution in [0.1, 0.15) is 27.2 Å². The second-order valence-electron chi connectivity index (χ2n) is 3.76. The zero-order chi connectivity index (χ0) is 8.59. The van der Waals surface area contributed by atoms with E-state index < -0.39 is 0 Å². The minimum Gasteiger partial charge on any atom is -0.378 e. The van der Waals surface area contributed by atoms with Crippen LogP contribution < -0.4 is 0 Å². The number of hydrogen-bond donors (Lipinski definition) is 1. The Morgan fingerprint density at radius 1 is 1.36 bits per heavy atom. The Balaban J connectivity index is 2.37. The van der Waals surface area contributed by atoms with Crippen molar-refractivity contribution in [3.8, 4) is 0 Å². The van der Waals surface area contributed by atoms with Crippen molar-refractivity contribution in [1.82, 2.24) is 4.90 Å². The maximum Gasteiger partial charge on any atom is 0.107 e. The minimum atomic E-state index is -0.243. The maximum absolute atomic E-state index is 9.50. The Labute approximate surface area is 69.2 Å². The second kappa shape index (κ2) is 3.11. The van der Waals surface area contributed by atoms with Gasteiger partial charge in [-0.3, -0.25) is 4.90 Å². The van der Waals surface area contributed by atoms with Gasteiger partial charge in [0.15, 0.2) is 0 Å². The van der Waals surface area contributed by atoms with Gasteiger partial charge in [0.2, 0.25) is 0 Å². The Morgan fingerprint density at radius 2 is 1.82 bits per heavy atom. The molecule has 1 N–H and O–H groups in total. The molecule has 1 aliphatic rings. The van der Waals surface area contributed by atoms with Crippen LogP contribution in [0.15, 0.2) is 0 Å². The molecular formula is C9H19NO. The molecule has 0 aromatic rings. The summed E-state index contributed by atoms with van der Waals surface area (Å²) in [6.07, 6.45) is 0.583. The molecule has 1 saturated carbocycles. The second-order valence-corrected chi connectivity index (χ2v) is 3.76. The summed E-state index contributed by atoms with van der Waals surface area (Å²) < 4.78 is 0. The molecular weight excluding hydrogens is 138 g/mol. The van der Waals surface area contributed by atoms with Gasteiger partial charge in [-0.05, 0) is 25.3 Å². The molecule has 1 rings (SSSR count). The molecule has 0 aromatic carbocycles. The summed E-state index contributed by atoms with van der Waals surface area (Å²) >= 11 is 0. The van der Waals surface area contributed by atoms with Crippen molar-refractivity contribution in [2.45, 2.75) is 39.5 Å². The van der Waals surface area contributed by atoms with E-state index in [1.54, 1.807) is 0 Å². The number of aliphatic hydroxyl groups is 1. The van der Waals surface area contributed by atoms with Crippen LogP contribution >= 0.6 is 0 Å². The topological polar surface area (TPSA) is 23.5 Å². The van der Waals surface area contributed by atoms with Crippen LogP contribution in [0, 0.1) is 11.8 Å². The Morgan fingerprint density at radius 3 is 2.09 bits per heavy atom. The highest BCUT2D eigenvalue weighted by molar-refractivity contribution is 4.98. The van der Waals surface area contributed by atoms with E-state index in [9.17, 15) is 5.11 Å². The van der Waals surface area contributed by atoms with Crippen molar-refractivity contribution in [2.75, 3.05) is 7.05 Å². The van der Waals surface area contributed by atoms with Crippen molar-refractivity contribution < 1.29 is 5.11 Å². The van der Waals surface area contributed by atoms with Crippen molar-refractivity contribution in [3.05, 3.63) is 0 Å². The molecule has 11 heavy (non-hydrogen) atoms. The standard InChI is InChI=1S/C9H19NO/c1-5-8(11)10(4)9-6(2)7(9)3/h6-9,11H,5H2,1-4H3. The van der Waals surface area contributed by atoms with Gasteiger partial charge in [0.05, 0.1) is 0 Å². The minimum absolute atomic E-state index is 0.243. The van der Waals surface area contributed by atoms with Crippen LogP contribution in [-0.2, 0) is 0 Å². The molecule has 0 spiro atoms. The molecule has 0 aliphatic heterocycles. The van der Waals surface area contributed by atoms with Gasteiger partial charge in [-0.1, -0.05) is 20.8 Å². The SMILES string of the molecule is CCC(O)N(C)C1C(C)C1C. The molecule has 3 unspecified atom stereocenters. The van der Waals surface area contributed by atoms with Crippen LogP contribution in [0.3, 0.4) is 0 Å². The smallest absolute Gasteiger partial charge is 0.107 e. The number of nitrogens with zero attached hydrogens (tertiary/aromatic N) is 1. The fourth-order valence-electron chi connectivity index (χ4n) is 1.86. The highest BCUT2D eigenvalue weighted by Gasteiger charge is 2.46. The lowest BCUT2D eigenvalue weighted by Gasteiger charge is -2.22. The van der Waals surface area contributed by atoms with E-state index in [1.807, 2.05) is 14.0 Å². The van der Waals surface area contributed by atoms with Gasteiger partial charge in [0, 0.05) is 6.04 Å². The third-order valence-electron chi connectivity index (χ3n) is 3.07. The van der Waals surface area contributed by atoms with Gasteiger partial charge < -0.3 is 5.11 Å². The van der Waals surface area contributed by atoms with Gasteiger partial charge in [0.1, 0.15) is 6.23 Å². The summed E-state index contributed by atoms with van der Waals surface area (Å²) in [5.74, 6) is 1.53. The average molecular weight is 157 g/mol. The predicted molar refractivity (Wildman–Crippen MR) is 46.2 cm³/mol. The van der Waals surface area contributed by atoms with Crippen LogP contribution in [0.4, 0.5) is 0 Å². The van der Waals surface area contributed by atoms with Gasteiger partial charge in [-0.25, -0.2) is 0 Å². The van der Waals surface area contributed by atoms with Crippen molar-refractivity contribution in [1.29, 1.82) is 0 Å². The highest BCUT2D eigenvalue weighted by atomic mass is 16.3. The van der Waals surface area contributed by atoms with E-state index in [1.165, 1.54) is 0 Å². The summed E-state index contributed by atoms with van der Waals surface area (Å²) in [6, 6.07) is 0.616. The molecule has 66 valence electrons. The summed E-state index contributed by atoms with van der Waals surface area (Å²) in [5.41, 5.74) is 0. The largest absolute Gasteiger partial charge is 0.378 e. The Hall–Kier alpha value is -0.0800. The molecule has 0 aromatic heterocycles. The van der Waals surface area contributed by atoms with Crippen LogP contribution in [0.5, 0.6) is 0 Å². The molecule has 0 radical (unpaired) electrons. The zero-order valence-corrected chi connectivity index (χ0v) is 7.91. The van der Waals surface area contributed by atoms with E-state index >= 15 is 0 Å². The first-order valence-corrected chi connectivity index (χ1v) is 4.49. The average Bonchev–Trinajstić information content (AvgIpc) is 2.57. The molecule has 1 fully saturated rings. The summed E-state index contributed by atoms with van der Waals surface area (Å²) in [6.45, 7) is 6.50. The molecule has 0 saturated heterocycles. The zero-order valence-electron chi connectivity index (χ0n) is 7.91. The van der Waals surface area contributed by atoms with E-state index in [2.05, 4.69) is 18.7 Å². The number of rotatable bonds is 3. The molecule has 3 atom stereocenters. The van der Waals surface area contributed by atoms with Crippen LogP contribution in [0.25, 0.3) is 0 Å². The number of hydrogen-bond acceptors (Lipinski definition) is 2. The van der Waals surface area contributed by atoms with Gasteiger partial charge in [-0.2, -0.15) is 0 Å². The molecule has 0 bridgehead atoms. The molecule has 0 heterocycles. The fourth-order valence-corrected chi connectivity index (χ4v) is 1.86. The van der Waals surface area contributed by atoms with Crippen LogP contribution in [0.2, 0.25) is 0 Å². The Bertz CT molecular complexity index is 130. The fraction of sp³-hybridized carbons (Fsp3) is 1.00. The maximum atomic E-state index is 9.50. The number of aliphatic hydroxyl groups excluding tert-OH is 1. The third kappa shape index (κ3) is 1.57. The molecule has 1 aliphatic carbocycles. The monoisotopic (exact) mass is 157 g/mol. The highest BCUT2D eigenvalue weighted by Crippen LogP contribution is 2.42. The summed E-state index contributed by atoms with van der Waals surface area (Å²) in [4.78, 5) is 2.09. The van der Waals surface area contributed by atoms with E-state index in [0.29, 0.717) is 6.04 Å².